The van der Waals surface area contributed by atoms with Crippen LogP contribution in [0, 0.1) is 10.1 Å². The Hall–Kier alpha value is -1.46. The van der Waals surface area contributed by atoms with Crippen LogP contribution in [0.25, 0.3) is 0 Å². The molecule has 2 rings (SSSR count). The van der Waals surface area contributed by atoms with Crippen LogP contribution in [0.4, 0.5) is 5.69 Å². The van der Waals surface area contributed by atoms with Gasteiger partial charge in [-0.3, -0.25) is 10.1 Å². The van der Waals surface area contributed by atoms with Crippen LogP contribution in [0.5, 0.6) is 0 Å². The van der Waals surface area contributed by atoms with E-state index in [0.29, 0.717) is 6.04 Å². The second-order valence-electron chi connectivity index (χ2n) is 5.05. The third-order valence-electron chi connectivity index (χ3n) is 3.82. The summed E-state index contributed by atoms with van der Waals surface area (Å²) in [6.45, 7) is 2.08. The van der Waals surface area contributed by atoms with Crippen LogP contribution in [0.1, 0.15) is 37.8 Å². The zero-order valence-electron chi connectivity index (χ0n) is 11.3. The monoisotopic (exact) mass is 264 g/mol. The highest BCUT2D eigenvalue weighted by atomic mass is 16.6. The third kappa shape index (κ3) is 3.30. The lowest BCUT2D eigenvalue weighted by Gasteiger charge is -2.24. The number of nitro benzene ring substituents is 1. The molecule has 5 nitrogen and oxygen atoms in total. The van der Waals surface area contributed by atoms with Crippen LogP contribution in [0.3, 0.4) is 0 Å². The SMILES string of the molecule is COC1CCCC1NC(C)c1ccc([N+](=O)[O-])cc1. The van der Waals surface area contributed by atoms with Crippen LogP contribution in [0.2, 0.25) is 0 Å². The number of ether oxygens (including phenoxy) is 1. The molecule has 0 aliphatic heterocycles. The summed E-state index contributed by atoms with van der Waals surface area (Å²) >= 11 is 0. The molecule has 1 aromatic carbocycles. The molecule has 1 aromatic rings. The molecule has 1 saturated carbocycles. The maximum absolute atomic E-state index is 10.6. The minimum atomic E-state index is -0.375. The van der Waals surface area contributed by atoms with Crippen molar-refractivity contribution in [1.29, 1.82) is 0 Å². The van der Waals surface area contributed by atoms with Crippen molar-refractivity contribution in [2.45, 2.75) is 44.4 Å². The predicted octanol–water partition coefficient (Wildman–Crippen LogP) is 2.81. The van der Waals surface area contributed by atoms with Gasteiger partial charge in [0.2, 0.25) is 0 Å². The molecule has 19 heavy (non-hydrogen) atoms. The Morgan fingerprint density at radius 3 is 2.63 bits per heavy atom. The zero-order valence-corrected chi connectivity index (χ0v) is 11.3. The Balaban J connectivity index is 1.99. The molecule has 1 fully saturated rings. The Morgan fingerprint density at radius 1 is 1.37 bits per heavy atom. The van der Waals surface area contributed by atoms with E-state index in [1.54, 1.807) is 19.2 Å². The van der Waals surface area contributed by atoms with Crippen molar-refractivity contribution in [3.05, 3.63) is 39.9 Å². The summed E-state index contributed by atoms with van der Waals surface area (Å²) in [7, 11) is 1.75. The van der Waals surface area contributed by atoms with E-state index in [2.05, 4.69) is 12.2 Å². The van der Waals surface area contributed by atoms with Crippen molar-refractivity contribution in [1.82, 2.24) is 5.32 Å². The maximum atomic E-state index is 10.6. The maximum Gasteiger partial charge on any atom is 0.269 e. The first-order valence-electron chi connectivity index (χ1n) is 6.65. The minimum Gasteiger partial charge on any atom is -0.380 e. The number of benzene rings is 1. The van der Waals surface area contributed by atoms with E-state index in [1.807, 2.05) is 12.1 Å². The molecule has 1 aliphatic rings. The number of nitro groups is 1. The average molecular weight is 264 g/mol. The van der Waals surface area contributed by atoms with E-state index >= 15 is 0 Å². The molecule has 0 amide bonds. The fourth-order valence-electron chi connectivity index (χ4n) is 2.70. The molecule has 0 spiro atoms. The second kappa shape index (κ2) is 6.12. The van der Waals surface area contributed by atoms with Gasteiger partial charge in [-0.25, -0.2) is 0 Å². The number of hydrogen-bond acceptors (Lipinski definition) is 4. The number of non-ortho nitro benzene ring substituents is 1. The highest BCUT2D eigenvalue weighted by Crippen LogP contribution is 2.25. The standard InChI is InChI=1S/C14H20N2O3/c1-10(15-13-4-3-5-14(13)19-2)11-6-8-12(9-7-11)16(17)18/h6-10,13-15H,3-5H2,1-2H3. The van der Waals surface area contributed by atoms with E-state index in [0.717, 1.165) is 18.4 Å². The molecule has 0 heterocycles. The molecule has 1 aliphatic carbocycles. The van der Waals surface area contributed by atoms with Crippen LogP contribution in [0.15, 0.2) is 24.3 Å². The van der Waals surface area contributed by atoms with Gasteiger partial charge in [-0.1, -0.05) is 12.1 Å². The summed E-state index contributed by atoms with van der Waals surface area (Å²) in [5.41, 5.74) is 1.19. The van der Waals surface area contributed by atoms with Crippen LogP contribution in [-0.2, 0) is 4.74 Å². The topological polar surface area (TPSA) is 64.4 Å². The minimum absolute atomic E-state index is 0.131. The molecule has 1 N–H and O–H groups in total. The van der Waals surface area contributed by atoms with E-state index in [-0.39, 0.29) is 22.8 Å². The highest BCUT2D eigenvalue weighted by Gasteiger charge is 2.28. The Kier molecular flexibility index (Phi) is 4.50. The van der Waals surface area contributed by atoms with E-state index in [4.69, 9.17) is 4.74 Å². The highest BCUT2D eigenvalue weighted by molar-refractivity contribution is 5.34. The largest absolute Gasteiger partial charge is 0.380 e. The molecule has 0 saturated heterocycles. The van der Waals surface area contributed by atoms with Gasteiger partial charge >= 0.3 is 0 Å². The number of hydrogen-bond donors (Lipinski definition) is 1. The quantitative estimate of drug-likeness (QED) is 0.656. The Bertz CT molecular complexity index is 433. The number of nitrogens with zero attached hydrogens (tertiary/aromatic N) is 1. The number of rotatable bonds is 5. The summed E-state index contributed by atoms with van der Waals surface area (Å²) < 4.78 is 5.46. The van der Waals surface area contributed by atoms with Gasteiger partial charge in [0, 0.05) is 31.3 Å². The van der Waals surface area contributed by atoms with Crippen LogP contribution in [-0.4, -0.2) is 24.2 Å². The molecule has 0 aromatic heterocycles. The normalized spacial score (nSPS) is 24.3. The molecule has 3 atom stereocenters. The molecule has 3 unspecified atom stereocenters. The predicted molar refractivity (Wildman–Crippen MR) is 73.1 cm³/mol. The summed E-state index contributed by atoms with van der Waals surface area (Å²) in [5.74, 6) is 0. The van der Waals surface area contributed by atoms with Gasteiger partial charge in [-0.15, -0.1) is 0 Å². The summed E-state index contributed by atoms with van der Waals surface area (Å²) in [6, 6.07) is 7.27. The van der Waals surface area contributed by atoms with Gasteiger partial charge in [0.1, 0.15) is 0 Å². The second-order valence-corrected chi connectivity index (χ2v) is 5.05. The van der Waals surface area contributed by atoms with Crippen molar-refractivity contribution >= 4 is 5.69 Å². The molecule has 0 bridgehead atoms. The van der Waals surface area contributed by atoms with E-state index in [9.17, 15) is 10.1 Å². The first-order valence-corrected chi connectivity index (χ1v) is 6.65. The van der Waals surface area contributed by atoms with Gasteiger partial charge in [-0.05, 0) is 31.7 Å². The lowest BCUT2D eigenvalue weighted by atomic mass is 10.1. The third-order valence-corrected chi connectivity index (χ3v) is 3.82. The lowest BCUT2D eigenvalue weighted by molar-refractivity contribution is -0.384. The Labute approximate surface area is 113 Å². The van der Waals surface area contributed by atoms with Gasteiger partial charge in [0.15, 0.2) is 0 Å². The summed E-state index contributed by atoms with van der Waals surface area (Å²) in [6.07, 6.45) is 3.68. The fourth-order valence-corrected chi connectivity index (χ4v) is 2.70. The van der Waals surface area contributed by atoms with Crippen LogP contribution >= 0.6 is 0 Å². The van der Waals surface area contributed by atoms with Gasteiger partial charge in [-0.2, -0.15) is 0 Å². The summed E-state index contributed by atoms with van der Waals surface area (Å²) in [5, 5.41) is 14.2. The molecular weight excluding hydrogens is 244 g/mol. The first-order chi connectivity index (χ1) is 9.11. The smallest absolute Gasteiger partial charge is 0.269 e. The van der Waals surface area contributed by atoms with Crippen molar-refractivity contribution in [2.75, 3.05) is 7.11 Å². The van der Waals surface area contributed by atoms with Crippen molar-refractivity contribution in [3.63, 3.8) is 0 Å². The first kappa shape index (κ1) is 14.0. The fraction of sp³-hybridized carbons (Fsp3) is 0.571. The van der Waals surface area contributed by atoms with Gasteiger partial charge in [0.25, 0.3) is 5.69 Å². The average Bonchev–Trinajstić information content (AvgIpc) is 2.86. The lowest BCUT2D eigenvalue weighted by Crippen LogP contribution is -2.38. The van der Waals surface area contributed by atoms with Crippen LogP contribution < -0.4 is 5.32 Å². The Morgan fingerprint density at radius 2 is 2.05 bits per heavy atom. The van der Waals surface area contributed by atoms with Gasteiger partial charge in [0.05, 0.1) is 11.0 Å². The molecule has 104 valence electrons. The zero-order chi connectivity index (χ0) is 13.8. The molecular formula is C14H20N2O3. The van der Waals surface area contributed by atoms with E-state index in [1.165, 1.54) is 6.42 Å². The number of methoxy groups -OCH3 is 1. The van der Waals surface area contributed by atoms with Crippen molar-refractivity contribution in [2.24, 2.45) is 0 Å². The van der Waals surface area contributed by atoms with E-state index < -0.39 is 0 Å². The van der Waals surface area contributed by atoms with Crippen molar-refractivity contribution in [3.8, 4) is 0 Å². The molecule has 5 heteroatoms. The van der Waals surface area contributed by atoms with Gasteiger partial charge < -0.3 is 10.1 Å². The number of nitrogens with one attached hydrogen (secondary N) is 1. The summed E-state index contributed by atoms with van der Waals surface area (Å²) in [4.78, 5) is 10.2. The molecule has 0 radical (unpaired) electrons. The van der Waals surface area contributed by atoms with Crippen molar-refractivity contribution < 1.29 is 9.66 Å².